The Balaban J connectivity index is 1.63. The number of hydrogen-bond acceptors (Lipinski definition) is 7. The minimum Gasteiger partial charge on any atom is -0.495 e. The van der Waals surface area contributed by atoms with Crippen molar-refractivity contribution in [3.8, 4) is 5.75 Å². The SMILES string of the molecule is COc1ccc(C(=O)NC2C=C([C@@]34COC[C@@H]3S(=O)(=O)N(C)C(=N)N4)C(F)=CC2)nc1. The number of halogens is 1. The van der Waals surface area contributed by atoms with Crippen LogP contribution in [-0.4, -0.2) is 73.8 Å². The molecule has 2 aliphatic heterocycles. The number of fused-ring (bicyclic) bond motifs is 1. The number of aromatic nitrogens is 1. The Labute approximate surface area is 178 Å². The minimum absolute atomic E-state index is 0.0515. The molecule has 3 atom stereocenters. The van der Waals surface area contributed by atoms with Crippen molar-refractivity contribution in [2.24, 2.45) is 0 Å². The number of nitrogens with zero attached hydrogens (tertiary/aromatic N) is 2. The zero-order valence-corrected chi connectivity index (χ0v) is 17.7. The van der Waals surface area contributed by atoms with Gasteiger partial charge < -0.3 is 20.1 Å². The number of amides is 1. The van der Waals surface area contributed by atoms with Gasteiger partial charge in [0.2, 0.25) is 16.0 Å². The highest BCUT2D eigenvalue weighted by Crippen LogP contribution is 2.41. The molecule has 1 unspecified atom stereocenters. The van der Waals surface area contributed by atoms with Gasteiger partial charge in [0.25, 0.3) is 5.91 Å². The number of carbonyl (C=O) groups excluding carboxylic acids is 1. The second kappa shape index (κ2) is 7.61. The van der Waals surface area contributed by atoms with Crippen molar-refractivity contribution in [1.29, 1.82) is 5.41 Å². The molecule has 0 aromatic carbocycles. The zero-order valence-electron chi connectivity index (χ0n) is 16.9. The first-order valence-corrected chi connectivity index (χ1v) is 11.0. The molecule has 1 amide bonds. The van der Waals surface area contributed by atoms with Crippen LogP contribution in [0.2, 0.25) is 0 Å². The van der Waals surface area contributed by atoms with Crippen LogP contribution in [0.25, 0.3) is 0 Å². The maximum atomic E-state index is 14.9. The monoisotopic (exact) mass is 451 g/mol. The van der Waals surface area contributed by atoms with Gasteiger partial charge in [0.15, 0.2) is 0 Å². The van der Waals surface area contributed by atoms with Crippen molar-refractivity contribution >= 4 is 21.9 Å². The maximum absolute atomic E-state index is 14.9. The number of rotatable bonds is 4. The van der Waals surface area contributed by atoms with Crippen LogP contribution >= 0.6 is 0 Å². The molecule has 166 valence electrons. The second-order valence-corrected chi connectivity index (χ2v) is 9.64. The molecule has 2 fully saturated rings. The molecule has 3 N–H and O–H groups in total. The molecule has 0 radical (unpaired) electrons. The van der Waals surface area contributed by atoms with Crippen LogP contribution in [0, 0.1) is 5.41 Å². The van der Waals surface area contributed by atoms with E-state index < -0.39 is 38.6 Å². The van der Waals surface area contributed by atoms with Gasteiger partial charge in [0.05, 0.1) is 32.6 Å². The Bertz CT molecular complexity index is 1090. The van der Waals surface area contributed by atoms with Crippen LogP contribution in [0.5, 0.6) is 5.75 Å². The van der Waals surface area contributed by atoms with Gasteiger partial charge in [-0.3, -0.25) is 10.2 Å². The van der Waals surface area contributed by atoms with Gasteiger partial charge in [-0.2, -0.15) is 0 Å². The predicted octanol–water partition coefficient (Wildman–Crippen LogP) is 0.309. The van der Waals surface area contributed by atoms with Gasteiger partial charge in [0, 0.05) is 12.6 Å². The smallest absolute Gasteiger partial charge is 0.270 e. The molecule has 12 heteroatoms. The lowest BCUT2D eigenvalue weighted by molar-refractivity contribution is 0.0938. The van der Waals surface area contributed by atoms with Crippen molar-refractivity contribution in [3.05, 3.63) is 47.6 Å². The van der Waals surface area contributed by atoms with Gasteiger partial charge in [-0.05, 0) is 24.6 Å². The Morgan fingerprint density at radius 3 is 2.94 bits per heavy atom. The summed E-state index contributed by atoms with van der Waals surface area (Å²) in [6.07, 6.45) is 4.37. The number of pyridine rings is 1. The number of ether oxygens (including phenoxy) is 2. The molecule has 4 rings (SSSR count). The van der Waals surface area contributed by atoms with Crippen LogP contribution < -0.4 is 15.4 Å². The second-order valence-electron chi connectivity index (χ2n) is 7.49. The summed E-state index contributed by atoms with van der Waals surface area (Å²) in [4.78, 5) is 16.6. The van der Waals surface area contributed by atoms with Gasteiger partial charge in [-0.1, -0.05) is 6.08 Å². The third kappa shape index (κ3) is 3.45. The van der Waals surface area contributed by atoms with E-state index in [1.165, 1.54) is 38.6 Å². The average molecular weight is 451 g/mol. The molecule has 1 aromatic heterocycles. The first-order chi connectivity index (χ1) is 14.7. The largest absolute Gasteiger partial charge is 0.495 e. The Morgan fingerprint density at radius 2 is 2.26 bits per heavy atom. The molecule has 3 aliphatic rings. The highest BCUT2D eigenvalue weighted by molar-refractivity contribution is 7.90. The molecular weight excluding hydrogens is 429 g/mol. The molecule has 1 aromatic rings. The fraction of sp³-hybridized carbons (Fsp3) is 0.421. The van der Waals surface area contributed by atoms with Gasteiger partial charge in [-0.15, -0.1) is 0 Å². The van der Waals surface area contributed by atoms with E-state index in [0.717, 1.165) is 4.31 Å². The summed E-state index contributed by atoms with van der Waals surface area (Å²) >= 11 is 0. The zero-order chi connectivity index (χ0) is 22.4. The van der Waals surface area contributed by atoms with Gasteiger partial charge in [0.1, 0.15) is 28.1 Å². The number of carbonyl (C=O) groups is 1. The van der Waals surface area contributed by atoms with Crippen LogP contribution in [0.3, 0.4) is 0 Å². The minimum atomic E-state index is -3.93. The van der Waals surface area contributed by atoms with Crippen LogP contribution in [0.1, 0.15) is 16.9 Å². The topological polar surface area (TPSA) is 134 Å². The number of guanidine groups is 1. The van der Waals surface area contributed by atoms with Crippen molar-refractivity contribution < 1.29 is 27.1 Å². The number of hydrogen-bond donors (Lipinski definition) is 3. The Morgan fingerprint density at radius 1 is 1.48 bits per heavy atom. The molecule has 31 heavy (non-hydrogen) atoms. The maximum Gasteiger partial charge on any atom is 0.270 e. The Hall–Kier alpha value is -2.99. The number of sulfonamides is 1. The molecule has 2 saturated heterocycles. The lowest BCUT2D eigenvalue weighted by Crippen LogP contribution is -2.69. The van der Waals surface area contributed by atoms with Crippen LogP contribution in [0.4, 0.5) is 4.39 Å². The molecule has 3 heterocycles. The fourth-order valence-corrected chi connectivity index (χ4v) is 5.69. The van der Waals surface area contributed by atoms with Crippen LogP contribution in [-0.2, 0) is 14.8 Å². The fourth-order valence-electron chi connectivity index (χ4n) is 3.97. The number of nitrogens with one attached hydrogen (secondary N) is 3. The third-order valence-electron chi connectivity index (χ3n) is 5.72. The normalized spacial score (nSPS) is 29.4. The molecular formula is C19H22FN5O5S. The molecule has 0 bridgehead atoms. The number of methoxy groups -OCH3 is 1. The molecule has 0 saturated carbocycles. The van der Waals surface area contributed by atoms with E-state index in [0.29, 0.717) is 5.75 Å². The summed E-state index contributed by atoms with van der Waals surface area (Å²) in [5.74, 6) is -0.940. The van der Waals surface area contributed by atoms with Gasteiger partial charge >= 0.3 is 0 Å². The standard InChI is InChI=1S/C19H22FN5O5S/c1-25-18(21)24-19(10-30-9-16(19)31(25,27)28)13-7-11(3-5-14(13)20)23-17(26)15-6-4-12(29-2)8-22-15/h4-8,11,16H,3,9-10H2,1-2H3,(H2,21,24)(H,23,26)/t11?,16-,19-/m0/s1. The van der Waals surface area contributed by atoms with E-state index in [1.807, 2.05) is 0 Å². The van der Waals surface area contributed by atoms with Crippen molar-refractivity contribution in [3.63, 3.8) is 0 Å². The molecule has 0 spiro atoms. The predicted molar refractivity (Wildman–Crippen MR) is 109 cm³/mol. The lowest BCUT2D eigenvalue weighted by atomic mass is 9.83. The summed E-state index contributed by atoms with van der Waals surface area (Å²) in [5, 5.41) is 12.5. The lowest BCUT2D eigenvalue weighted by Gasteiger charge is -2.44. The summed E-state index contributed by atoms with van der Waals surface area (Å²) in [6.45, 7) is -0.259. The Kier molecular flexibility index (Phi) is 5.21. The van der Waals surface area contributed by atoms with Crippen molar-refractivity contribution in [1.82, 2.24) is 19.9 Å². The first kappa shape index (κ1) is 21.2. The van der Waals surface area contributed by atoms with Crippen molar-refractivity contribution in [2.75, 3.05) is 27.4 Å². The highest BCUT2D eigenvalue weighted by Gasteiger charge is 2.60. The summed E-state index contributed by atoms with van der Waals surface area (Å²) in [7, 11) is -1.18. The summed E-state index contributed by atoms with van der Waals surface area (Å²) < 4.78 is 51.9. The molecule has 1 aliphatic carbocycles. The highest BCUT2D eigenvalue weighted by atomic mass is 32.2. The van der Waals surface area contributed by atoms with E-state index in [4.69, 9.17) is 14.9 Å². The first-order valence-electron chi connectivity index (χ1n) is 9.50. The quantitative estimate of drug-likeness (QED) is 0.600. The average Bonchev–Trinajstić information content (AvgIpc) is 3.19. The van der Waals surface area contributed by atoms with Crippen LogP contribution in [0.15, 0.2) is 41.9 Å². The van der Waals surface area contributed by atoms with E-state index in [1.54, 1.807) is 6.07 Å². The van der Waals surface area contributed by atoms with E-state index in [2.05, 4.69) is 15.6 Å². The third-order valence-corrected chi connectivity index (χ3v) is 7.93. The van der Waals surface area contributed by atoms with E-state index in [9.17, 15) is 17.6 Å². The summed E-state index contributed by atoms with van der Waals surface area (Å²) in [5.41, 5.74) is -1.24. The van der Waals surface area contributed by atoms with Crippen molar-refractivity contribution in [2.45, 2.75) is 23.3 Å². The van der Waals surface area contributed by atoms with E-state index in [-0.39, 0.29) is 36.9 Å². The molecule has 10 nitrogen and oxygen atoms in total. The summed E-state index contributed by atoms with van der Waals surface area (Å²) in [6, 6.07) is 2.51. The van der Waals surface area contributed by atoms with Gasteiger partial charge in [-0.25, -0.2) is 22.1 Å². The van der Waals surface area contributed by atoms with E-state index >= 15 is 0 Å².